The Kier molecular flexibility index (Phi) is 7.50. The van der Waals surface area contributed by atoms with Gasteiger partial charge in [0.15, 0.2) is 0 Å². The SMILES string of the molecule is CN(CCC(=O)O)C(=O)[C@@H]1CCCCC[C@@H]1NC(=O)OCC1c2ccccc2-c2ccccc21. The number of carboxylic acid groups (broad SMARTS) is 1. The van der Waals surface area contributed by atoms with Crippen molar-refractivity contribution < 1.29 is 24.2 Å². The van der Waals surface area contributed by atoms with E-state index in [4.69, 9.17) is 9.84 Å². The van der Waals surface area contributed by atoms with Gasteiger partial charge in [-0.15, -0.1) is 0 Å². The third kappa shape index (κ3) is 5.24. The maximum absolute atomic E-state index is 13.0. The predicted molar refractivity (Wildman–Crippen MR) is 128 cm³/mol. The molecular weight excluding hydrogens is 432 g/mol. The Morgan fingerprint density at radius 2 is 1.59 bits per heavy atom. The Bertz CT molecular complexity index is 1010. The van der Waals surface area contributed by atoms with Crippen LogP contribution in [-0.4, -0.2) is 54.2 Å². The van der Waals surface area contributed by atoms with Crippen LogP contribution in [0.1, 0.15) is 55.6 Å². The Labute approximate surface area is 200 Å². The maximum Gasteiger partial charge on any atom is 0.407 e. The molecule has 0 spiro atoms. The van der Waals surface area contributed by atoms with E-state index in [9.17, 15) is 14.4 Å². The van der Waals surface area contributed by atoms with E-state index in [2.05, 4.69) is 29.6 Å². The largest absolute Gasteiger partial charge is 0.481 e. The second kappa shape index (κ2) is 10.7. The van der Waals surface area contributed by atoms with Crippen LogP contribution in [0, 0.1) is 5.92 Å². The third-order valence-corrected chi connectivity index (χ3v) is 7.02. The number of carboxylic acids is 1. The molecule has 7 heteroatoms. The summed E-state index contributed by atoms with van der Waals surface area (Å²) in [4.78, 5) is 38.2. The number of carbonyl (C=O) groups is 3. The molecular formula is C27H32N2O5. The molecule has 0 saturated heterocycles. The fourth-order valence-electron chi connectivity index (χ4n) is 5.22. The Hall–Kier alpha value is -3.35. The first kappa shape index (κ1) is 23.8. The van der Waals surface area contributed by atoms with E-state index in [1.54, 1.807) is 7.05 Å². The monoisotopic (exact) mass is 464 g/mol. The van der Waals surface area contributed by atoms with Gasteiger partial charge in [-0.1, -0.05) is 67.8 Å². The Balaban J connectivity index is 1.40. The molecule has 2 atom stereocenters. The minimum absolute atomic E-state index is 0.0214. The first-order valence-electron chi connectivity index (χ1n) is 12.0. The van der Waals surface area contributed by atoms with Crippen LogP contribution in [0.4, 0.5) is 4.79 Å². The molecule has 2 amide bonds. The topological polar surface area (TPSA) is 95.9 Å². The summed E-state index contributed by atoms with van der Waals surface area (Å²) in [5.41, 5.74) is 4.65. The van der Waals surface area contributed by atoms with Crippen LogP contribution in [-0.2, 0) is 14.3 Å². The van der Waals surface area contributed by atoms with Crippen molar-refractivity contribution in [1.82, 2.24) is 10.2 Å². The van der Waals surface area contributed by atoms with Gasteiger partial charge >= 0.3 is 12.1 Å². The standard InChI is InChI=1S/C27H32N2O5/c1-29(16-15-25(30)31)26(32)22-13-3-2-4-14-24(22)28-27(33)34-17-23-20-11-7-5-9-18(20)19-10-6-8-12-21(19)23/h5-12,22-24H,2-4,13-17H2,1H3,(H,28,33)(H,30,31)/t22-,24+/m1/s1. The minimum atomic E-state index is -0.936. The number of fused-ring (bicyclic) bond motifs is 3. The zero-order chi connectivity index (χ0) is 24.1. The molecule has 180 valence electrons. The number of rotatable bonds is 7. The molecule has 2 aliphatic carbocycles. The fourth-order valence-corrected chi connectivity index (χ4v) is 5.22. The van der Waals surface area contributed by atoms with E-state index in [1.165, 1.54) is 16.0 Å². The zero-order valence-electron chi connectivity index (χ0n) is 19.5. The number of alkyl carbamates (subject to hydrolysis) is 1. The van der Waals surface area contributed by atoms with E-state index in [0.29, 0.717) is 12.8 Å². The van der Waals surface area contributed by atoms with Crippen LogP contribution >= 0.6 is 0 Å². The molecule has 0 aromatic heterocycles. The molecule has 34 heavy (non-hydrogen) atoms. The number of benzene rings is 2. The molecule has 2 aromatic rings. The van der Waals surface area contributed by atoms with Crippen LogP contribution in [0.15, 0.2) is 48.5 Å². The number of nitrogens with zero attached hydrogens (tertiary/aromatic N) is 1. The highest BCUT2D eigenvalue weighted by atomic mass is 16.5. The van der Waals surface area contributed by atoms with Gasteiger partial charge in [0.1, 0.15) is 6.61 Å². The molecule has 2 aromatic carbocycles. The molecule has 1 saturated carbocycles. The van der Waals surface area contributed by atoms with Crippen molar-refractivity contribution in [2.45, 2.75) is 50.5 Å². The van der Waals surface area contributed by atoms with Crippen LogP contribution in [0.25, 0.3) is 11.1 Å². The Morgan fingerprint density at radius 1 is 0.971 bits per heavy atom. The van der Waals surface area contributed by atoms with Gasteiger partial charge in [-0.25, -0.2) is 4.79 Å². The fraction of sp³-hybridized carbons (Fsp3) is 0.444. The van der Waals surface area contributed by atoms with E-state index >= 15 is 0 Å². The number of carbonyl (C=O) groups excluding carboxylic acids is 2. The summed E-state index contributed by atoms with van der Waals surface area (Å²) < 4.78 is 5.70. The number of amides is 2. The zero-order valence-corrected chi connectivity index (χ0v) is 19.5. The van der Waals surface area contributed by atoms with Gasteiger partial charge in [-0.3, -0.25) is 9.59 Å². The van der Waals surface area contributed by atoms with Crippen molar-refractivity contribution in [2.75, 3.05) is 20.2 Å². The number of hydrogen-bond donors (Lipinski definition) is 2. The van der Waals surface area contributed by atoms with E-state index in [1.807, 2.05) is 24.3 Å². The van der Waals surface area contributed by atoms with Crippen molar-refractivity contribution in [3.8, 4) is 11.1 Å². The molecule has 4 rings (SSSR count). The maximum atomic E-state index is 13.0. The second-order valence-electron chi connectivity index (χ2n) is 9.22. The minimum Gasteiger partial charge on any atom is -0.481 e. The quantitative estimate of drug-likeness (QED) is 0.592. The smallest absolute Gasteiger partial charge is 0.407 e. The highest BCUT2D eigenvalue weighted by Gasteiger charge is 2.34. The Morgan fingerprint density at radius 3 is 2.24 bits per heavy atom. The van der Waals surface area contributed by atoms with Gasteiger partial charge in [0.2, 0.25) is 5.91 Å². The lowest BCUT2D eigenvalue weighted by molar-refractivity contribution is -0.139. The van der Waals surface area contributed by atoms with E-state index in [0.717, 1.165) is 30.4 Å². The van der Waals surface area contributed by atoms with Crippen molar-refractivity contribution in [3.05, 3.63) is 59.7 Å². The van der Waals surface area contributed by atoms with Crippen molar-refractivity contribution in [2.24, 2.45) is 5.92 Å². The van der Waals surface area contributed by atoms with Crippen LogP contribution in [0.2, 0.25) is 0 Å². The lowest BCUT2D eigenvalue weighted by Gasteiger charge is -2.29. The predicted octanol–water partition coefficient (Wildman–Crippen LogP) is 4.41. The normalized spacial score (nSPS) is 19.4. The first-order chi connectivity index (χ1) is 16.5. The summed E-state index contributed by atoms with van der Waals surface area (Å²) in [6.45, 7) is 0.381. The molecule has 0 unspecified atom stereocenters. The van der Waals surface area contributed by atoms with E-state index < -0.39 is 12.1 Å². The van der Waals surface area contributed by atoms with Gasteiger partial charge in [0.25, 0.3) is 0 Å². The van der Waals surface area contributed by atoms with Crippen molar-refractivity contribution in [1.29, 1.82) is 0 Å². The molecule has 0 heterocycles. The highest BCUT2D eigenvalue weighted by Crippen LogP contribution is 2.44. The highest BCUT2D eigenvalue weighted by molar-refractivity contribution is 5.81. The number of ether oxygens (including phenoxy) is 1. The lowest BCUT2D eigenvalue weighted by atomic mass is 9.93. The number of nitrogens with one attached hydrogen (secondary N) is 1. The second-order valence-corrected chi connectivity index (χ2v) is 9.22. The van der Waals surface area contributed by atoms with Crippen LogP contribution in [0.5, 0.6) is 0 Å². The van der Waals surface area contributed by atoms with Gasteiger partial charge in [0, 0.05) is 25.6 Å². The lowest BCUT2D eigenvalue weighted by Crippen LogP contribution is -2.47. The summed E-state index contributed by atoms with van der Waals surface area (Å²) >= 11 is 0. The summed E-state index contributed by atoms with van der Waals surface area (Å²) in [6, 6.07) is 16.1. The molecule has 0 bridgehead atoms. The molecule has 0 radical (unpaired) electrons. The summed E-state index contributed by atoms with van der Waals surface area (Å²) in [5, 5.41) is 11.9. The summed E-state index contributed by atoms with van der Waals surface area (Å²) in [7, 11) is 1.63. The summed E-state index contributed by atoms with van der Waals surface area (Å²) in [6.07, 6.45) is 3.60. The van der Waals surface area contributed by atoms with Gasteiger partial charge in [-0.2, -0.15) is 0 Å². The number of hydrogen-bond acceptors (Lipinski definition) is 4. The molecule has 1 fully saturated rings. The first-order valence-corrected chi connectivity index (χ1v) is 12.0. The van der Waals surface area contributed by atoms with E-state index in [-0.39, 0.29) is 43.4 Å². The van der Waals surface area contributed by atoms with Crippen LogP contribution in [0.3, 0.4) is 0 Å². The third-order valence-electron chi connectivity index (χ3n) is 7.02. The summed E-state index contributed by atoms with van der Waals surface area (Å²) in [5.74, 6) is -1.45. The van der Waals surface area contributed by atoms with Gasteiger partial charge in [-0.05, 0) is 35.1 Å². The average molecular weight is 465 g/mol. The van der Waals surface area contributed by atoms with Crippen molar-refractivity contribution >= 4 is 18.0 Å². The molecule has 2 N–H and O–H groups in total. The molecule has 0 aliphatic heterocycles. The number of aliphatic carboxylic acids is 1. The van der Waals surface area contributed by atoms with Gasteiger partial charge in [0.05, 0.1) is 12.3 Å². The van der Waals surface area contributed by atoms with Crippen LogP contribution < -0.4 is 5.32 Å². The van der Waals surface area contributed by atoms with Crippen molar-refractivity contribution in [3.63, 3.8) is 0 Å². The van der Waals surface area contributed by atoms with Gasteiger partial charge < -0.3 is 20.1 Å². The average Bonchev–Trinajstić information content (AvgIpc) is 2.97. The molecule has 7 nitrogen and oxygen atoms in total. The molecule has 2 aliphatic rings.